The van der Waals surface area contributed by atoms with Crippen LogP contribution in [-0.2, 0) is 19.7 Å². The lowest BCUT2D eigenvalue weighted by molar-refractivity contribution is -0.384. The van der Waals surface area contributed by atoms with Crippen molar-refractivity contribution in [2.75, 3.05) is 45.9 Å². The summed E-state index contributed by atoms with van der Waals surface area (Å²) in [7, 11) is 0. The lowest BCUT2D eigenvalue weighted by Gasteiger charge is -2.43. The molecule has 2 N–H and O–H groups in total. The van der Waals surface area contributed by atoms with Crippen molar-refractivity contribution >= 4 is 23.6 Å². The first-order valence-electron chi connectivity index (χ1n) is 17.1. The van der Waals surface area contributed by atoms with E-state index in [1.165, 1.54) is 30.2 Å². The summed E-state index contributed by atoms with van der Waals surface area (Å²) in [6.45, 7) is 7.49. The second-order valence-corrected chi connectivity index (χ2v) is 13.0. The molecule has 0 aliphatic carbocycles. The maximum Gasteiger partial charge on any atom is 0.269 e. The van der Waals surface area contributed by atoms with Crippen molar-refractivity contribution in [3.8, 4) is 0 Å². The van der Waals surface area contributed by atoms with Crippen LogP contribution in [0.3, 0.4) is 0 Å². The van der Waals surface area contributed by atoms with Crippen LogP contribution in [0.15, 0.2) is 101 Å². The predicted molar refractivity (Wildman–Crippen MR) is 191 cm³/mol. The molecule has 3 aromatic carbocycles. The number of aliphatic imine (C=N–C) groups is 1. The molecular weight excluding hydrogens is 618 g/mol. The SMILES string of the molecule is CC(=O)C1C(C)=NC(COCCCN)=C(N(C=O)CCCN2CCC(c3ccccc3)(c3ccccc3)CC2)C1c1ccc([N+](=O)[O-])cc1. The number of amides is 1. The number of Topliss-reactive ketones (excluding diaryl/α,β-unsaturated/α-hetero) is 1. The monoisotopic (exact) mass is 665 g/mol. The first kappa shape index (κ1) is 35.8. The maximum absolute atomic E-state index is 13.1. The van der Waals surface area contributed by atoms with E-state index in [-0.39, 0.29) is 23.5 Å². The molecular formula is C39H47N5O5. The summed E-state index contributed by atoms with van der Waals surface area (Å²) < 4.78 is 5.94. The third-order valence-electron chi connectivity index (χ3n) is 9.99. The Bertz CT molecular complexity index is 1590. The van der Waals surface area contributed by atoms with Crippen molar-refractivity contribution in [1.82, 2.24) is 9.80 Å². The molecule has 3 aromatic rings. The molecule has 2 unspecified atom stereocenters. The molecule has 10 nitrogen and oxygen atoms in total. The number of hydrogen-bond acceptors (Lipinski definition) is 8. The van der Waals surface area contributed by atoms with Gasteiger partial charge in [-0.25, -0.2) is 0 Å². The number of likely N-dealkylation sites (tertiary alicyclic amines) is 1. The van der Waals surface area contributed by atoms with Crippen LogP contribution in [0.4, 0.5) is 5.69 Å². The van der Waals surface area contributed by atoms with Gasteiger partial charge in [-0.1, -0.05) is 72.8 Å². The highest BCUT2D eigenvalue weighted by Gasteiger charge is 2.40. The van der Waals surface area contributed by atoms with E-state index in [4.69, 9.17) is 15.5 Å². The van der Waals surface area contributed by atoms with E-state index in [0.29, 0.717) is 55.2 Å². The second-order valence-electron chi connectivity index (χ2n) is 13.0. The summed E-state index contributed by atoms with van der Waals surface area (Å²) >= 11 is 0. The summed E-state index contributed by atoms with van der Waals surface area (Å²) in [5.41, 5.74) is 10.8. The van der Waals surface area contributed by atoms with Gasteiger partial charge in [-0.05, 0) is 82.4 Å². The van der Waals surface area contributed by atoms with E-state index in [9.17, 15) is 19.7 Å². The van der Waals surface area contributed by atoms with Crippen LogP contribution in [0, 0.1) is 16.0 Å². The van der Waals surface area contributed by atoms with Gasteiger partial charge in [0.1, 0.15) is 5.78 Å². The Balaban J connectivity index is 1.37. The van der Waals surface area contributed by atoms with Gasteiger partial charge >= 0.3 is 0 Å². The molecule has 2 aliphatic rings. The summed E-state index contributed by atoms with van der Waals surface area (Å²) in [6, 6.07) is 27.8. The average Bonchev–Trinajstić information content (AvgIpc) is 3.13. The van der Waals surface area contributed by atoms with Crippen molar-refractivity contribution in [2.45, 2.75) is 50.9 Å². The molecule has 2 atom stereocenters. The van der Waals surface area contributed by atoms with Crippen molar-refractivity contribution in [1.29, 1.82) is 0 Å². The molecule has 2 heterocycles. The topological polar surface area (TPSA) is 131 Å². The van der Waals surface area contributed by atoms with Gasteiger partial charge in [-0.3, -0.25) is 24.7 Å². The molecule has 1 amide bonds. The number of nitro benzene ring substituents is 1. The van der Waals surface area contributed by atoms with E-state index in [1.807, 2.05) is 6.92 Å². The Morgan fingerprint density at radius 1 is 1.02 bits per heavy atom. The minimum Gasteiger partial charge on any atom is -0.375 e. The molecule has 0 aromatic heterocycles. The second kappa shape index (κ2) is 16.7. The zero-order chi connectivity index (χ0) is 34.8. The van der Waals surface area contributed by atoms with Crippen LogP contribution in [-0.4, -0.2) is 78.6 Å². The number of rotatable bonds is 16. The Labute approximate surface area is 288 Å². The van der Waals surface area contributed by atoms with Gasteiger partial charge in [0.25, 0.3) is 5.69 Å². The largest absolute Gasteiger partial charge is 0.375 e. The summed E-state index contributed by atoms with van der Waals surface area (Å²) in [4.78, 5) is 46.0. The standard InChI is InChI=1S/C39H47N5O5/c1-29-36(30(2)46)37(31-15-17-34(18-16-31)44(47)48)38(35(41-29)27-49-26-9-21-40)43(28-45)23-10-22-42-24-19-39(20-25-42,32-11-5-3-6-12-32)33-13-7-4-8-14-33/h3-8,11-18,28,36-37H,9-10,19-27,40H2,1-2H3. The zero-order valence-electron chi connectivity index (χ0n) is 28.5. The minimum absolute atomic E-state index is 0.0440. The first-order chi connectivity index (χ1) is 23.8. The molecule has 0 spiro atoms. The number of carbonyl (C=O) groups excluding carboxylic acids is 2. The van der Waals surface area contributed by atoms with Crippen molar-refractivity contribution in [3.05, 3.63) is 123 Å². The van der Waals surface area contributed by atoms with Crippen molar-refractivity contribution in [3.63, 3.8) is 0 Å². The van der Waals surface area contributed by atoms with Crippen LogP contribution in [0.2, 0.25) is 0 Å². The Hall–Kier alpha value is -4.51. The van der Waals surface area contributed by atoms with Gasteiger partial charge in [0.2, 0.25) is 6.41 Å². The fraction of sp³-hybridized carbons (Fsp3) is 0.410. The van der Waals surface area contributed by atoms with E-state index in [2.05, 4.69) is 65.6 Å². The highest BCUT2D eigenvalue weighted by Crippen LogP contribution is 2.43. The molecule has 1 saturated heterocycles. The van der Waals surface area contributed by atoms with Gasteiger partial charge in [0.15, 0.2) is 0 Å². The molecule has 49 heavy (non-hydrogen) atoms. The fourth-order valence-corrected chi connectivity index (χ4v) is 7.52. The molecule has 0 bridgehead atoms. The number of nitrogens with zero attached hydrogens (tertiary/aromatic N) is 4. The summed E-state index contributed by atoms with van der Waals surface area (Å²) in [6.07, 6.45) is 4.19. The third kappa shape index (κ3) is 8.21. The van der Waals surface area contributed by atoms with Crippen molar-refractivity contribution in [2.24, 2.45) is 16.6 Å². The Kier molecular flexibility index (Phi) is 12.2. The number of allylic oxidation sites excluding steroid dienone is 1. The van der Waals surface area contributed by atoms with Gasteiger partial charge in [-0.2, -0.15) is 0 Å². The van der Waals surface area contributed by atoms with Crippen LogP contribution < -0.4 is 5.73 Å². The lowest BCUT2D eigenvalue weighted by Crippen LogP contribution is -2.44. The highest BCUT2D eigenvalue weighted by molar-refractivity contribution is 6.05. The number of benzene rings is 3. The summed E-state index contributed by atoms with van der Waals surface area (Å²) in [5, 5.41) is 11.4. The summed E-state index contributed by atoms with van der Waals surface area (Å²) in [5.74, 6) is -1.27. The number of ketones is 1. The minimum atomic E-state index is -0.627. The lowest BCUT2D eigenvalue weighted by atomic mass is 9.68. The van der Waals surface area contributed by atoms with Crippen LogP contribution in [0.5, 0.6) is 0 Å². The van der Waals surface area contributed by atoms with Gasteiger partial charge < -0.3 is 20.3 Å². The molecule has 0 saturated carbocycles. The molecule has 0 radical (unpaired) electrons. The Morgan fingerprint density at radius 2 is 1.63 bits per heavy atom. The normalized spacial score (nSPS) is 19.3. The third-order valence-corrected chi connectivity index (χ3v) is 9.99. The fourth-order valence-electron chi connectivity index (χ4n) is 7.52. The van der Waals surface area contributed by atoms with Crippen molar-refractivity contribution < 1.29 is 19.2 Å². The smallest absolute Gasteiger partial charge is 0.269 e. The Morgan fingerprint density at radius 3 is 2.16 bits per heavy atom. The number of carbonyl (C=O) groups is 2. The number of non-ortho nitro benzene ring substituents is 1. The predicted octanol–water partition coefficient (Wildman–Crippen LogP) is 5.87. The van der Waals surface area contributed by atoms with Gasteiger partial charge in [0, 0.05) is 42.3 Å². The van der Waals surface area contributed by atoms with Crippen LogP contribution >= 0.6 is 0 Å². The molecule has 258 valence electrons. The van der Waals surface area contributed by atoms with Crippen LogP contribution in [0.25, 0.3) is 0 Å². The molecule has 10 heteroatoms. The van der Waals surface area contributed by atoms with Gasteiger partial charge in [0.05, 0.1) is 28.8 Å². The quantitative estimate of drug-likeness (QED) is 0.0877. The maximum atomic E-state index is 13.1. The molecule has 5 rings (SSSR count). The molecule has 2 aliphatic heterocycles. The number of nitro groups is 1. The highest BCUT2D eigenvalue weighted by atomic mass is 16.6. The number of hydrogen-bond donors (Lipinski definition) is 1. The van der Waals surface area contributed by atoms with E-state index in [1.54, 1.807) is 17.0 Å². The van der Waals surface area contributed by atoms with Crippen LogP contribution in [0.1, 0.15) is 62.1 Å². The van der Waals surface area contributed by atoms with Gasteiger partial charge in [-0.15, -0.1) is 0 Å². The number of nitrogens with two attached hydrogens (primary N) is 1. The van der Waals surface area contributed by atoms with E-state index < -0.39 is 16.8 Å². The average molecular weight is 666 g/mol. The first-order valence-corrected chi connectivity index (χ1v) is 17.1. The zero-order valence-corrected chi connectivity index (χ0v) is 28.5. The van der Waals surface area contributed by atoms with E-state index in [0.717, 1.165) is 38.9 Å². The number of ether oxygens (including phenoxy) is 1. The number of piperidine rings is 1. The van der Waals surface area contributed by atoms with E-state index >= 15 is 0 Å². The molecule has 1 fully saturated rings.